The van der Waals surface area contributed by atoms with E-state index in [1.165, 1.54) is 5.69 Å². The first-order valence-electron chi connectivity index (χ1n) is 4.85. The van der Waals surface area contributed by atoms with Crippen LogP contribution in [0.15, 0.2) is 30.6 Å². The third-order valence-electron chi connectivity index (χ3n) is 2.71. The number of aromatic nitrogens is 2. The molecule has 2 aromatic heterocycles. The van der Waals surface area contributed by atoms with Crippen molar-refractivity contribution >= 4 is 10.9 Å². The van der Waals surface area contributed by atoms with E-state index in [-0.39, 0.29) is 0 Å². The minimum atomic E-state index is 0.604. The first-order chi connectivity index (χ1) is 6.93. The molecule has 3 nitrogen and oxygen atoms in total. The van der Waals surface area contributed by atoms with Crippen molar-refractivity contribution in [2.45, 2.75) is 5.92 Å². The Labute approximate surface area is 82.2 Å². The van der Waals surface area contributed by atoms with E-state index in [0.717, 1.165) is 24.0 Å². The zero-order valence-electron chi connectivity index (χ0n) is 7.77. The fourth-order valence-corrected chi connectivity index (χ4v) is 1.71. The van der Waals surface area contributed by atoms with Gasteiger partial charge in [-0.3, -0.25) is 9.97 Å². The predicted molar refractivity (Wildman–Crippen MR) is 55.1 cm³/mol. The van der Waals surface area contributed by atoms with Gasteiger partial charge in [0, 0.05) is 42.5 Å². The van der Waals surface area contributed by atoms with Gasteiger partial charge < -0.3 is 5.32 Å². The molecule has 1 aliphatic rings. The molecular formula is C11H11N3. The Bertz CT molecular complexity index is 463. The lowest BCUT2D eigenvalue weighted by molar-refractivity contribution is 0.441. The Balaban J connectivity index is 2.10. The molecule has 3 heterocycles. The number of fused-ring (bicyclic) bond motifs is 1. The van der Waals surface area contributed by atoms with E-state index in [9.17, 15) is 0 Å². The molecule has 1 aliphatic heterocycles. The average Bonchev–Trinajstić information content (AvgIpc) is 2.15. The molecule has 2 aromatic rings. The van der Waals surface area contributed by atoms with Crippen molar-refractivity contribution in [1.29, 1.82) is 0 Å². The van der Waals surface area contributed by atoms with Crippen LogP contribution in [0.25, 0.3) is 10.9 Å². The van der Waals surface area contributed by atoms with E-state index in [4.69, 9.17) is 0 Å². The van der Waals surface area contributed by atoms with Gasteiger partial charge in [-0.15, -0.1) is 0 Å². The quantitative estimate of drug-likeness (QED) is 0.728. The second kappa shape index (κ2) is 3.03. The van der Waals surface area contributed by atoms with Crippen LogP contribution in [-0.4, -0.2) is 23.1 Å². The van der Waals surface area contributed by atoms with E-state index in [1.54, 1.807) is 6.20 Å². The standard InChI is InChI=1S/C11H11N3/c1-2-10(9-6-13-7-9)14-11-3-4-12-5-8(1)11/h1-5,9,13H,6-7H2. The third-order valence-corrected chi connectivity index (χ3v) is 2.71. The van der Waals surface area contributed by atoms with E-state index in [2.05, 4.69) is 27.4 Å². The molecule has 0 aliphatic carbocycles. The van der Waals surface area contributed by atoms with Crippen LogP contribution in [0, 0.1) is 0 Å². The summed E-state index contributed by atoms with van der Waals surface area (Å²) in [5.41, 5.74) is 2.24. The van der Waals surface area contributed by atoms with Crippen molar-refractivity contribution in [3.63, 3.8) is 0 Å². The second-order valence-electron chi connectivity index (χ2n) is 3.66. The maximum atomic E-state index is 4.62. The summed E-state index contributed by atoms with van der Waals surface area (Å²) in [5.74, 6) is 0.604. The second-order valence-corrected chi connectivity index (χ2v) is 3.66. The van der Waals surface area contributed by atoms with Crippen LogP contribution in [-0.2, 0) is 0 Å². The van der Waals surface area contributed by atoms with E-state index >= 15 is 0 Å². The molecule has 0 radical (unpaired) electrons. The van der Waals surface area contributed by atoms with Crippen molar-refractivity contribution in [1.82, 2.24) is 15.3 Å². The van der Waals surface area contributed by atoms with Gasteiger partial charge in [0.1, 0.15) is 0 Å². The lowest BCUT2D eigenvalue weighted by Crippen LogP contribution is -2.40. The topological polar surface area (TPSA) is 37.8 Å². The summed E-state index contributed by atoms with van der Waals surface area (Å²) in [6.45, 7) is 2.12. The maximum absolute atomic E-state index is 4.62. The summed E-state index contributed by atoms with van der Waals surface area (Å²) in [7, 11) is 0. The monoisotopic (exact) mass is 185 g/mol. The minimum Gasteiger partial charge on any atom is -0.315 e. The molecule has 1 N–H and O–H groups in total. The van der Waals surface area contributed by atoms with Gasteiger partial charge in [-0.25, -0.2) is 0 Å². The van der Waals surface area contributed by atoms with Crippen molar-refractivity contribution in [2.75, 3.05) is 13.1 Å². The SMILES string of the molecule is c1cc2nc(C3CNC3)ccc2cn1. The molecule has 14 heavy (non-hydrogen) atoms. The molecule has 0 bridgehead atoms. The highest BCUT2D eigenvalue weighted by atomic mass is 15.0. The van der Waals surface area contributed by atoms with E-state index < -0.39 is 0 Å². The summed E-state index contributed by atoms with van der Waals surface area (Å²) >= 11 is 0. The lowest BCUT2D eigenvalue weighted by Gasteiger charge is -2.26. The van der Waals surface area contributed by atoms with Crippen molar-refractivity contribution in [3.05, 3.63) is 36.3 Å². The molecule has 0 atom stereocenters. The van der Waals surface area contributed by atoms with Crippen LogP contribution in [0.4, 0.5) is 0 Å². The molecule has 3 heteroatoms. The van der Waals surface area contributed by atoms with E-state index in [0.29, 0.717) is 5.92 Å². The largest absolute Gasteiger partial charge is 0.315 e. The maximum Gasteiger partial charge on any atom is 0.0736 e. The first kappa shape index (κ1) is 7.88. The van der Waals surface area contributed by atoms with Crippen LogP contribution < -0.4 is 5.32 Å². The number of hydrogen-bond donors (Lipinski definition) is 1. The number of rotatable bonds is 1. The van der Waals surface area contributed by atoms with Crippen LogP contribution in [0.3, 0.4) is 0 Å². The Hall–Kier alpha value is -1.48. The highest BCUT2D eigenvalue weighted by Crippen LogP contribution is 2.20. The number of nitrogens with zero attached hydrogens (tertiary/aromatic N) is 2. The average molecular weight is 185 g/mol. The molecule has 3 rings (SSSR count). The van der Waals surface area contributed by atoms with Gasteiger partial charge in [-0.1, -0.05) is 0 Å². The zero-order chi connectivity index (χ0) is 9.38. The molecule has 0 unspecified atom stereocenters. The first-order valence-corrected chi connectivity index (χ1v) is 4.85. The number of pyridine rings is 2. The normalized spacial score (nSPS) is 16.9. The molecule has 0 saturated carbocycles. The fraction of sp³-hybridized carbons (Fsp3) is 0.273. The predicted octanol–water partition coefficient (Wildman–Crippen LogP) is 1.32. The molecule has 1 saturated heterocycles. The minimum absolute atomic E-state index is 0.604. The third kappa shape index (κ3) is 1.17. The molecule has 0 spiro atoms. The fourth-order valence-electron chi connectivity index (χ4n) is 1.71. The van der Waals surface area contributed by atoms with Gasteiger partial charge in [0.2, 0.25) is 0 Å². The van der Waals surface area contributed by atoms with Crippen LogP contribution in [0.5, 0.6) is 0 Å². The molecule has 70 valence electrons. The Kier molecular flexibility index (Phi) is 1.70. The van der Waals surface area contributed by atoms with Crippen LogP contribution in [0.1, 0.15) is 11.6 Å². The summed E-state index contributed by atoms with van der Waals surface area (Å²) in [6.07, 6.45) is 3.64. The molecule has 0 aromatic carbocycles. The van der Waals surface area contributed by atoms with Gasteiger partial charge in [0.05, 0.1) is 5.52 Å². The van der Waals surface area contributed by atoms with Crippen LogP contribution in [0.2, 0.25) is 0 Å². The molecular weight excluding hydrogens is 174 g/mol. The van der Waals surface area contributed by atoms with Crippen LogP contribution >= 0.6 is 0 Å². The summed E-state index contributed by atoms with van der Waals surface area (Å²) < 4.78 is 0. The van der Waals surface area contributed by atoms with E-state index in [1.807, 2.05) is 12.3 Å². The Morgan fingerprint density at radius 2 is 2.14 bits per heavy atom. The summed E-state index contributed by atoms with van der Waals surface area (Å²) in [4.78, 5) is 8.69. The highest BCUT2D eigenvalue weighted by molar-refractivity contribution is 5.77. The van der Waals surface area contributed by atoms with Gasteiger partial charge in [-0.2, -0.15) is 0 Å². The summed E-state index contributed by atoms with van der Waals surface area (Å²) in [6, 6.07) is 6.17. The smallest absolute Gasteiger partial charge is 0.0736 e. The zero-order valence-corrected chi connectivity index (χ0v) is 7.77. The van der Waals surface area contributed by atoms with Crippen molar-refractivity contribution in [2.24, 2.45) is 0 Å². The van der Waals surface area contributed by atoms with Crippen molar-refractivity contribution in [3.8, 4) is 0 Å². The van der Waals surface area contributed by atoms with Gasteiger partial charge in [-0.05, 0) is 18.2 Å². The van der Waals surface area contributed by atoms with Crippen molar-refractivity contribution < 1.29 is 0 Å². The molecule has 0 amide bonds. The van der Waals surface area contributed by atoms with Gasteiger partial charge in [0.25, 0.3) is 0 Å². The van der Waals surface area contributed by atoms with Gasteiger partial charge in [0.15, 0.2) is 0 Å². The number of hydrogen-bond acceptors (Lipinski definition) is 3. The Morgan fingerprint density at radius 1 is 1.21 bits per heavy atom. The Morgan fingerprint density at radius 3 is 2.93 bits per heavy atom. The highest BCUT2D eigenvalue weighted by Gasteiger charge is 2.19. The molecule has 1 fully saturated rings. The lowest BCUT2D eigenvalue weighted by atomic mass is 9.98. The number of nitrogens with one attached hydrogen (secondary N) is 1. The summed E-state index contributed by atoms with van der Waals surface area (Å²) in [5, 5.41) is 4.37. The van der Waals surface area contributed by atoms with Gasteiger partial charge >= 0.3 is 0 Å².